The van der Waals surface area contributed by atoms with Crippen molar-refractivity contribution in [3.8, 4) is 17.6 Å². The maximum Gasteiger partial charge on any atom is 0.264 e. The number of methoxy groups -OCH3 is 2. The lowest BCUT2D eigenvalue weighted by Gasteiger charge is -2.38. The van der Waals surface area contributed by atoms with Gasteiger partial charge in [0.25, 0.3) is 10.0 Å². The van der Waals surface area contributed by atoms with Crippen LogP contribution in [0.2, 0.25) is 0 Å². The van der Waals surface area contributed by atoms with Crippen LogP contribution in [0.5, 0.6) is 11.5 Å². The Morgan fingerprint density at radius 3 is 2.19 bits per heavy atom. The molecule has 0 spiro atoms. The molecule has 1 heterocycles. The molecule has 0 unspecified atom stereocenters. The maximum atomic E-state index is 13.8. The molecule has 2 atom stereocenters. The summed E-state index contributed by atoms with van der Waals surface area (Å²) in [5.41, 5.74) is 2.91. The molecular weight excluding hydrogens is 424 g/mol. The van der Waals surface area contributed by atoms with E-state index in [1.165, 1.54) is 18.5 Å². The van der Waals surface area contributed by atoms with E-state index >= 15 is 0 Å². The molecule has 0 N–H and O–H groups in total. The normalized spacial score (nSPS) is 17.9. The summed E-state index contributed by atoms with van der Waals surface area (Å²) < 4.78 is 39.8. The summed E-state index contributed by atoms with van der Waals surface area (Å²) in [6.45, 7) is 2.05. The van der Waals surface area contributed by atoms with Gasteiger partial charge in [-0.05, 0) is 36.2 Å². The van der Waals surface area contributed by atoms with Crippen LogP contribution < -0.4 is 13.8 Å². The van der Waals surface area contributed by atoms with Gasteiger partial charge in [-0.2, -0.15) is 5.26 Å². The largest absolute Gasteiger partial charge is 0.493 e. The van der Waals surface area contributed by atoms with Crippen LogP contribution in [0.15, 0.2) is 71.6 Å². The third-order valence-corrected chi connectivity index (χ3v) is 7.67. The lowest BCUT2D eigenvalue weighted by molar-refractivity contribution is 0.354. The number of aryl methyl sites for hydroxylation is 1. The maximum absolute atomic E-state index is 13.8. The quantitative estimate of drug-likeness (QED) is 0.569. The minimum atomic E-state index is -3.88. The third kappa shape index (κ3) is 3.67. The highest BCUT2D eigenvalue weighted by Crippen LogP contribution is 2.48. The first-order chi connectivity index (χ1) is 15.4. The molecule has 164 valence electrons. The average molecular weight is 449 g/mol. The number of hydrogen-bond donors (Lipinski definition) is 0. The van der Waals surface area contributed by atoms with E-state index in [4.69, 9.17) is 9.47 Å². The number of anilines is 1. The molecule has 32 heavy (non-hydrogen) atoms. The number of nitriles is 1. The summed E-state index contributed by atoms with van der Waals surface area (Å²) in [7, 11) is -0.864. The average Bonchev–Trinajstić information content (AvgIpc) is 2.82. The minimum Gasteiger partial charge on any atom is -0.493 e. The Morgan fingerprint density at radius 1 is 0.969 bits per heavy atom. The molecule has 0 amide bonds. The van der Waals surface area contributed by atoms with Gasteiger partial charge in [-0.15, -0.1) is 0 Å². The van der Waals surface area contributed by atoms with Crippen LogP contribution in [0, 0.1) is 18.3 Å². The van der Waals surface area contributed by atoms with Crippen molar-refractivity contribution in [2.75, 3.05) is 25.1 Å². The van der Waals surface area contributed by atoms with Gasteiger partial charge in [0.05, 0.1) is 36.8 Å². The van der Waals surface area contributed by atoms with Gasteiger partial charge in [-0.1, -0.05) is 48.0 Å². The molecule has 3 aromatic carbocycles. The monoisotopic (exact) mass is 448 g/mol. The molecule has 7 heteroatoms. The topological polar surface area (TPSA) is 79.6 Å². The summed E-state index contributed by atoms with van der Waals surface area (Å²) in [4.78, 5) is 0.200. The van der Waals surface area contributed by atoms with E-state index in [1.54, 1.807) is 36.4 Å². The van der Waals surface area contributed by atoms with Gasteiger partial charge in [0.2, 0.25) is 0 Å². The second-order valence-electron chi connectivity index (χ2n) is 7.74. The fourth-order valence-electron chi connectivity index (χ4n) is 4.17. The number of nitrogens with zero attached hydrogens (tertiary/aromatic N) is 2. The fourth-order valence-corrected chi connectivity index (χ4v) is 5.68. The van der Waals surface area contributed by atoms with Crippen LogP contribution in [-0.4, -0.2) is 29.2 Å². The van der Waals surface area contributed by atoms with Gasteiger partial charge in [-0.25, -0.2) is 8.42 Å². The Balaban J connectivity index is 1.95. The van der Waals surface area contributed by atoms with Crippen molar-refractivity contribution >= 4 is 15.7 Å². The molecule has 0 aliphatic carbocycles. The molecule has 0 aromatic heterocycles. The second-order valence-corrected chi connectivity index (χ2v) is 9.60. The molecule has 0 bridgehead atoms. The SMILES string of the molecule is COc1cc2c(cc1OC)N(S(=O)(=O)c1ccc(C)cc1)C[C@H](c1ccccc1)[C@H]2C#N. The Bertz CT molecular complexity index is 1270. The zero-order valence-corrected chi connectivity index (χ0v) is 19.0. The summed E-state index contributed by atoms with van der Waals surface area (Å²) in [5.74, 6) is -0.0261. The lowest BCUT2D eigenvalue weighted by atomic mass is 9.79. The molecule has 3 aromatic rings. The van der Waals surface area contributed by atoms with E-state index in [9.17, 15) is 13.7 Å². The van der Waals surface area contributed by atoms with Crippen LogP contribution in [0.3, 0.4) is 0 Å². The van der Waals surface area contributed by atoms with Crippen molar-refractivity contribution in [1.29, 1.82) is 5.26 Å². The summed E-state index contributed by atoms with van der Waals surface area (Å²) in [5, 5.41) is 10.1. The van der Waals surface area contributed by atoms with E-state index in [0.717, 1.165) is 11.1 Å². The van der Waals surface area contributed by atoms with E-state index in [0.29, 0.717) is 22.7 Å². The Kier molecular flexibility index (Phi) is 5.81. The predicted molar refractivity (Wildman–Crippen MR) is 123 cm³/mol. The highest BCUT2D eigenvalue weighted by atomic mass is 32.2. The number of sulfonamides is 1. The van der Waals surface area contributed by atoms with Crippen molar-refractivity contribution < 1.29 is 17.9 Å². The number of fused-ring (bicyclic) bond motifs is 1. The third-order valence-electron chi connectivity index (χ3n) is 5.88. The van der Waals surface area contributed by atoms with Gasteiger partial charge >= 0.3 is 0 Å². The lowest BCUT2D eigenvalue weighted by Crippen LogP contribution is -2.40. The predicted octanol–water partition coefficient (Wildman–Crippen LogP) is 4.61. The molecular formula is C25H24N2O4S. The molecule has 0 saturated heterocycles. The van der Waals surface area contributed by atoms with Crippen LogP contribution in [0.4, 0.5) is 5.69 Å². The van der Waals surface area contributed by atoms with Gasteiger partial charge in [0.15, 0.2) is 11.5 Å². The van der Waals surface area contributed by atoms with Crippen LogP contribution in [0.1, 0.15) is 28.5 Å². The van der Waals surface area contributed by atoms with E-state index in [2.05, 4.69) is 6.07 Å². The first-order valence-electron chi connectivity index (χ1n) is 10.2. The fraction of sp³-hybridized carbons (Fsp3) is 0.240. The van der Waals surface area contributed by atoms with Gasteiger partial charge in [-0.3, -0.25) is 4.31 Å². The van der Waals surface area contributed by atoms with E-state index < -0.39 is 15.9 Å². The zero-order valence-electron chi connectivity index (χ0n) is 18.1. The van der Waals surface area contributed by atoms with Crippen LogP contribution in [-0.2, 0) is 10.0 Å². The molecule has 1 aliphatic heterocycles. The molecule has 0 saturated carbocycles. The Hall–Kier alpha value is -3.50. The standard InChI is InChI=1S/C25H24N2O4S/c1-17-9-11-19(12-10-17)32(28,29)27-16-22(18-7-5-4-6-8-18)21(15-26)20-13-24(30-2)25(31-3)14-23(20)27/h4-14,21-22H,16H2,1-3H3/t21-,22+/m0/s1. The summed E-state index contributed by atoms with van der Waals surface area (Å²) in [6, 6.07) is 22.1. The molecule has 1 aliphatic rings. The smallest absolute Gasteiger partial charge is 0.264 e. The van der Waals surface area contributed by atoms with E-state index in [1.807, 2.05) is 37.3 Å². The van der Waals surface area contributed by atoms with Crippen molar-refractivity contribution in [2.24, 2.45) is 0 Å². The minimum absolute atomic E-state index is 0.140. The van der Waals surface area contributed by atoms with Gasteiger partial charge in [0, 0.05) is 18.5 Å². The van der Waals surface area contributed by atoms with Gasteiger partial charge < -0.3 is 9.47 Å². The zero-order chi connectivity index (χ0) is 22.9. The number of ether oxygens (including phenoxy) is 2. The molecule has 4 rings (SSSR count). The van der Waals surface area contributed by atoms with Crippen molar-refractivity contribution in [2.45, 2.75) is 23.7 Å². The summed E-state index contributed by atoms with van der Waals surface area (Å²) >= 11 is 0. The van der Waals surface area contributed by atoms with E-state index in [-0.39, 0.29) is 17.4 Å². The number of rotatable bonds is 5. The van der Waals surface area contributed by atoms with Crippen LogP contribution >= 0.6 is 0 Å². The number of hydrogen-bond acceptors (Lipinski definition) is 5. The second kappa shape index (κ2) is 8.56. The van der Waals surface area contributed by atoms with Gasteiger partial charge in [0.1, 0.15) is 0 Å². The molecule has 0 fully saturated rings. The molecule has 0 radical (unpaired) electrons. The first kappa shape index (κ1) is 21.7. The highest BCUT2D eigenvalue weighted by Gasteiger charge is 2.40. The van der Waals surface area contributed by atoms with Crippen molar-refractivity contribution in [3.05, 3.63) is 83.4 Å². The Labute approximate surface area is 188 Å². The summed E-state index contributed by atoms with van der Waals surface area (Å²) in [6.07, 6.45) is 0. The van der Waals surface area contributed by atoms with Crippen LogP contribution in [0.25, 0.3) is 0 Å². The highest BCUT2D eigenvalue weighted by molar-refractivity contribution is 7.92. The number of benzene rings is 3. The Morgan fingerprint density at radius 2 is 1.59 bits per heavy atom. The van der Waals surface area contributed by atoms with Crippen molar-refractivity contribution in [3.63, 3.8) is 0 Å². The molecule has 6 nitrogen and oxygen atoms in total. The van der Waals surface area contributed by atoms with Crippen molar-refractivity contribution in [1.82, 2.24) is 0 Å². The first-order valence-corrected chi connectivity index (χ1v) is 11.6.